The molecule has 0 bridgehead atoms. The quantitative estimate of drug-likeness (QED) is 0.527. The summed E-state index contributed by atoms with van der Waals surface area (Å²) in [6, 6.07) is 13.7. The second-order valence-electron chi connectivity index (χ2n) is 7.37. The minimum absolute atomic E-state index is 0.0193. The van der Waals surface area contributed by atoms with Crippen molar-refractivity contribution in [3.05, 3.63) is 58.5 Å². The van der Waals surface area contributed by atoms with Crippen molar-refractivity contribution in [2.24, 2.45) is 4.99 Å². The van der Waals surface area contributed by atoms with Gasteiger partial charge >= 0.3 is 0 Å². The fraction of sp³-hybridized carbons (Fsp3) is 0.333. The zero-order valence-corrected chi connectivity index (χ0v) is 19.0. The van der Waals surface area contributed by atoms with Crippen LogP contribution in [0.15, 0.2) is 52.4 Å². The lowest BCUT2D eigenvalue weighted by molar-refractivity contribution is -0.122. The maximum Gasteiger partial charge on any atom is 0.266 e. The van der Waals surface area contributed by atoms with Crippen LogP contribution in [0.3, 0.4) is 0 Å². The smallest absolute Gasteiger partial charge is 0.266 e. The summed E-state index contributed by atoms with van der Waals surface area (Å²) >= 11 is 1.40. The van der Waals surface area contributed by atoms with Crippen molar-refractivity contribution >= 4 is 34.6 Å². The summed E-state index contributed by atoms with van der Waals surface area (Å²) in [7, 11) is 1.62. The maximum atomic E-state index is 13.0. The highest BCUT2D eigenvalue weighted by molar-refractivity contribution is 8.18. The average Bonchev–Trinajstić information content (AvgIpc) is 2.99. The molecule has 0 atom stereocenters. The molecule has 2 aromatic carbocycles. The van der Waals surface area contributed by atoms with E-state index < -0.39 is 0 Å². The Labute approximate surface area is 182 Å². The lowest BCUT2D eigenvalue weighted by Crippen LogP contribution is -2.29. The van der Waals surface area contributed by atoms with Crippen molar-refractivity contribution in [2.45, 2.75) is 40.2 Å². The van der Waals surface area contributed by atoms with E-state index in [4.69, 9.17) is 14.5 Å². The molecule has 30 heavy (non-hydrogen) atoms. The Morgan fingerprint density at radius 2 is 1.87 bits per heavy atom. The van der Waals surface area contributed by atoms with Gasteiger partial charge in [-0.05, 0) is 74.9 Å². The molecule has 158 valence electrons. The second kappa shape index (κ2) is 9.85. The molecule has 0 aromatic heterocycles. The molecule has 2 aromatic rings. The molecule has 0 spiro atoms. The molecule has 1 heterocycles. The maximum absolute atomic E-state index is 13.0. The number of hydrogen-bond acceptors (Lipinski definition) is 5. The number of aliphatic imine (C=N–C) groups is 1. The molecule has 1 fully saturated rings. The monoisotopic (exact) mass is 424 g/mol. The van der Waals surface area contributed by atoms with Crippen LogP contribution in [0.2, 0.25) is 0 Å². The van der Waals surface area contributed by atoms with Crippen LogP contribution in [0.4, 0.5) is 5.69 Å². The largest absolute Gasteiger partial charge is 0.493 e. The van der Waals surface area contributed by atoms with Crippen LogP contribution in [0.25, 0.3) is 6.08 Å². The SMILES string of the molecule is CCCN1C(=O)/C(=C\c2ccc(OC(C)C)c(OC)c2)SC1=Nc1ccc(C)cc1. The van der Waals surface area contributed by atoms with Crippen LogP contribution < -0.4 is 9.47 Å². The minimum Gasteiger partial charge on any atom is -0.493 e. The Hall–Kier alpha value is -2.73. The second-order valence-corrected chi connectivity index (χ2v) is 8.38. The van der Waals surface area contributed by atoms with E-state index in [-0.39, 0.29) is 12.0 Å². The molecule has 0 aliphatic carbocycles. The van der Waals surface area contributed by atoms with Gasteiger partial charge in [0.1, 0.15) is 0 Å². The number of carbonyl (C=O) groups is 1. The van der Waals surface area contributed by atoms with Crippen LogP contribution in [0.1, 0.15) is 38.3 Å². The summed E-state index contributed by atoms with van der Waals surface area (Å²) in [6.07, 6.45) is 2.80. The van der Waals surface area contributed by atoms with Crippen molar-refractivity contribution < 1.29 is 14.3 Å². The first-order valence-corrected chi connectivity index (χ1v) is 10.9. The van der Waals surface area contributed by atoms with Gasteiger partial charge in [-0.25, -0.2) is 4.99 Å². The molecule has 0 unspecified atom stereocenters. The lowest BCUT2D eigenvalue weighted by Gasteiger charge is -2.14. The van der Waals surface area contributed by atoms with Crippen molar-refractivity contribution in [3.8, 4) is 11.5 Å². The summed E-state index contributed by atoms with van der Waals surface area (Å²) < 4.78 is 11.2. The van der Waals surface area contributed by atoms with E-state index in [1.54, 1.807) is 12.0 Å². The van der Waals surface area contributed by atoms with Crippen LogP contribution in [0.5, 0.6) is 11.5 Å². The van der Waals surface area contributed by atoms with Gasteiger partial charge in [0.2, 0.25) is 0 Å². The van der Waals surface area contributed by atoms with E-state index >= 15 is 0 Å². The third-order valence-electron chi connectivity index (χ3n) is 4.44. The Bertz CT molecular complexity index is 965. The molecule has 5 nitrogen and oxygen atoms in total. The van der Waals surface area contributed by atoms with Crippen LogP contribution in [-0.4, -0.2) is 35.7 Å². The fourth-order valence-electron chi connectivity index (χ4n) is 3.02. The number of thioether (sulfide) groups is 1. The molecule has 1 aliphatic heterocycles. The van der Waals surface area contributed by atoms with Gasteiger partial charge in [0.05, 0.1) is 23.8 Å². The number of benzene rings is 2. The van der Waals surface area contributed by atoms with E-state index in [2.05, 4.69) is 6.92 Å². The Balaban J connectivity index is 1.91. The molecular formula is C24H28N2O3S. The molecule has 1 amide bonds. The molecule has 3 rings (SSSR count). The summed E-state index contributed by atoms with van der Waals surface area (Å²) in [5, 5.41) is 0.712. The minimum atomic E-state index is -0.0193. The highest BCUT2D eigenvalue weighted by atomic mass is 32.2. The molecule has 0 N–H and O–H groups in total. The first-order chi connectivity index (χ1) is 14.4. The average molecular weight is 425 g/mol. The number of amides is 1. The first kappa shape index (κ1) is 22.0. The highest BCUT2D eigenvalue weighted by Crippen LogP contribution is 2.36. The van der Waals surface area contributed by atoms with E-state index in [9.17, 15) is 4.79 Å². The number of hydrogen-bond donors (Lipinski definition) is 0. The molecule has 1 aliphatic rings. The van der Waals surface area contributed by atoms with Gasteiger partial charge in [0.25, 0.3) is 5.91 Å². The zero-order valence-electron chi connectivity index (χ0n) is 18.1. The predicted octanol–water partition coefficient (Wildman–Crippen LogP) is 5.80. The topological polar surface area (TPSA) is 51.1 Å². The molecule has 1 saturated heterocycles. The van der Waals surface area contributed by atoms with E-state index in [0.29, 0.717) is 28.1 Å². The normalized spacial score (nSPS) is 16.7. The van der Waals surface area contributed by atoms with E-state index in [0.717, 1.165) is 17.7 Å². The van der Waals surface area contributed by atoms with E-state index in [1.165, 1.54) is 17.3 Å². The third kappa shape index (κ3) is 5.25. The molecule has 0 saturated carbocycles. The summed E-state index contributed by atoms with van der Waals surface area (Å²) in [4.78, 5) is 20.1. The Morgan fingerprint density at radius 1 is 1.13 bits per heavy atom. The lowest BCUT2D eigenvalue weighted by atomic mass is 10.2. The number of aryl methyl sites for hydroxylation is 1. The zero-order chi connectivity index (χ0) is 21.7. The fourth-order valence-corrected chi connectivity index (χ4v) is 4.04. The van der Waals surface area contributed by atoms with Gasteiger partial charge < -0.3 is 9.47 Å². The molecular weight excluding hydrogens is 396 g/mol. The van der Waals surface area contributed by atoms with Crippen molar-refractivity contribution in [2.75, 3.05) is 13.7 Å². The Kier molecular flexibility index (Phi) is 7.21. The van der Waals surface area contributed by atoms with Gasteiger partial charge in [-0.2, -0.15) is 0 Å². The van der Waals surface area contributed by atoms with Crippen LogP contribution >= 0.6 is 11.8 Å². The number of nitrogens with zero attached hydrogens (tertiary/aromatic N) is 2. The van der Waals surface area contributed by atoms with Crippen molar-refractivity contribution in [1.29, 1.82) is 0 Å². The van der Waals surface area contributed by atoms with Crippen LogP contribution in [0, 0.1) is 6.92 Å². The van der Waals surface area contributed by atoms with Gasteiger partial charge in [-0.15, -0.1) is 0 Å². The summed E-state index contributed by atoms with van der Waals surface area (Å²) in [5.41, 5.74) is 2.90. The van der Waals surface area contributed by atoms with Gasteiger partial charge in [-0.3, -0.25) is 9.69 Å². The number of rotatable bonds is 7. The first-order valence-electron chi connectivity index (χ1n) is 10.1. The number of ether oxygens (including phenoxy) is 2. The van der Waals surface area contributed by atoms with Gasteiger partial charge in [0, 0.05) is 6.54 Å². The van der Waals surface area contributed by atoms with Gasteiger partial charge in [0.15, 0.2) is 16.7 Å². The predicted molar refractivity (Wildman–Crippen MR) is 125 cm³/mol. The molecule has 0 radical (unpaired) electrons. The van der Waals surface area contributed by atoms with Crippen LogP contribution in [-0.2, 0) is 4.79 Å². The third-order valence-corrected chi connectivity index (χ3v) is 5.45. The number of methoxy groups -OCH3 is 1. The van der Waals surface area contributed by atoms with Crippen molar-refractivity contribution in [3.63, 3.8) is 0 Å². The number of carbonyl (C=O) groups excluding carboxylic acids is 1. The Morgan fingerprint density at radius 3 is 2.50 bits per heavy atom. The highest BCUT2D eigenvalue weighted by Gasteiger charge is 2.32. The summed E-state index contributed by atoms with van der Waals surface area (Å²) in [6.45, 7) is 8.68. The van der Waals surface area contributed by atoms with Crippen molar-refractivity contribution in [1.82, 2.24) is 4.90 Å². The standard InChI is InChI=1S/C24H28N2O3S/c1-6-13-26-23(27)22(30-24(26)25-19-10-7-17(4)8-11-19)15-18-9-12-20(29-16(2)3)21(14-18)28-5/h7-12,14-16H,6,13H2,1-5H3/b22-15+,25-24?. The van der Waals surface area contributed by atoms with Gasteiger partial charge in [-0.1, -0.05) is 30.7 Å². The van der Waals surface area contributed by atoms with E-state index in [1.807, 2.05) is 69.3 Å². The number of amidine groups is 1. The summed E-state index contributed by atoms with van der Waals surface area (Å²) in [5.74, 6) is 1.32. The molecule has 6 heteroatoms.